The Morgan fingerprint density at radius 3 is 2.53 bits per heavy atom. The first-order valence-corrected chi connectivity index (χ1v) is 10.9. The van der Waals surface area contributed by atoms with Gasteiger partial charge < -0.3 is 15.8 Å². The number of H-pyrrole nitrogens is 1. The third kappa shape index (κ3) is 4.31. The van der Waals surface area contributed by atoms with E-state index in [9.17, 15) is 13.6 Å². The number of carbonyl (C=O) groups is 1. The number of carbonyl (C=O) groups excluding carboxylic acids is 1. The van der Waals surface area contributed by atoms with Gasteiger partial charge in [0.1, 0.15) is 17.4 Å². The number of benzene rings is 2. The van der Waals surface area contributed by atoms with E-state index in [4.69, 9.17) is 10.5 Å². The minimum Gasteiger partial charge on any atom is -0.496 e. The highest BCUT2D eigenvalue weighted by molar-refractivity contribution is 6.05. The number of nitrogens with zero attached hydrogens (tertiary/aromatic N) is 3. The van der Waals surface area contributed by atoms with Crippen molar-refractivity contribution in [1.82, 2.24) is 25.5 Å². The van der Waals surface area contributed by atoms with Crippen molar-refractivity contribution in [3.63, 3.8) is 0 Å². The molecule has 3 aromatic heterocycles. The number of halogens is 2. The van der Waals surface area contributed by atoms with E-state index in [0.717, 1.165) is 23.4 Å². The largest absolute Gasteiger partial charge is 0.496 e. The van der Waals surface area contributed by atoms with Crippen LogP contribution in [-0.2, 0) is 6.54 Å². The van der Waals surface area contributed by atoms with Gasteiger partial charge in [-0.25, -0.2) is 8.78 Å². The normalized spacial score (nSPS) is 11.0. The lowest BCUT2D eigenvalue weighted by molar-refractivity contribution is 0.0947. The monoisotopic (exact) mass is 486 g/mol. The molecule has 0 saturated heterocycles. The summed E-state index contributed by atoms with van der Waals surface area (Å²) in [5.74, 6) is -0.845. The fourth-order valence-corrected chi connectivity index (χ4v) is 3.91. The zero-order valence-corrected chi connectivity index (χ0v) is 19.0. The van der Waals surface area contributed by atoms with Crippen molar-refractivity contribution in [3.8, 4) is 28.3 Å². The van der Waals surface area contributed by atoms with Gasteiger partial charge in [0.25, 0.3) is 5.91 Å². The van der Waals surface area contributed by atoms with Gasteiger partial charge in [0.15, 0.2) is 5.82 Å². The molecule has 0 radical (unpaired) electrons. The summed E-state index contributed by atoms with van der Waals surface area (Å²) in [5, 5.41) is 10.4. The number of ether oxygens (including phenoxy) is 1. The summed E-state index contributed by atoms with van der Waals surface area (Å²) < 4.78 is 32.0. The van der Waals surface area contributed by atoms with Gasteiger partial charge in [-0.3, -0.25) is 19.9 Å². The van der Waals surface area contributed by atoms with Crippen LogP contribution in [0.2, 0.25) is 0 Å². The molecule has 0 bridgehead atoms. The van der Waals surface area contributed by atoms with Crippen molar-refractivity contribution >= 4 is 22.6 Å². The number of aromatic amines is 1. The molecule has 0 fully saturated rings. The molecule has 0 saturated carbocycles. The minimum atomic E-state index is -0.524. The van der Waals surface area contributed by atoms with Gasteiger partial charge in [-0.15, -0.1) is 0 Å². The standard InChI is InChI=1S/C26H20F2N6O2/c1-36-21-9-7-16(27)10-18(21)26(35)32-11-14-2-4-15(5-3-14)23-22-24(33-34-25(22)29)19(13-31-23)20-8-6-17(28)12-30-20/h2-10,12-13H,11H2,1H3,(H,32,35)(H3,29,33,34). The molecule has 0 aliphatic carbocycles. The molecule has 4 N–H and O–H groups in total. The van der Waals surface area contributed by atoms with E-state index in [0.29, 0.717) is 27.9 Å². The van der Waals surface area contributed by atoms with Crippen molar-refractivity contribution < 1.29 is 18.3 Å². The molecule has 5 aromatic rings. The van der Waals surface area contributed by atoms with Crippen LogP contribution in [0.25, 0.3) is 33.4 Å². The molecule has 180 valence electrons. The van der Waals surface area contributed by atoms with Crippen molar-refractivity contribution in [2.24, 2.45) is 0 Å². The Balaban J connectivity index is 1.39. The number of pyridine rings is 2. The summed E-state index contributed by atoms with van der Waals surface area (Å²) in [7, 11) is 1.42. The first-order chi connectivity index (χ1) is 17.4. The van der Waals surface area contributed by atoms with Gasteiger partial charge in [0.2, 0.25) is 0 Å². The molecule has 1 amide bonds. The van der Waals surface area contributed by atoms with Gasteiger partial charge in [0, 0.05) is 23.9 Å². The Morgan fingerprint density at radius 1 is 1.03 bits per heavy atom. The van der Waals surface area contributed by atoms with Crippen LogP contribution in [0.15, 0.2) is 67.0 Å². The summed E-state index contributed by atoms with van der Waals surface area (Å²) in [4.78, 5) is 21.3. The van der Waals surface area contributed by atoms with Gasteiger partial charge in [-0.05, 0) is 35.9 Å². The highest BCUT2D eigenvalue weighted by Crippen LogP contribution is 2.35. The zero-order valence-electron chi connectivity index (χ0n) is 19.0. The number of nitrogens with one attached hydrogen (secondary N) is 2. The smallest absolute Gasteiger partial charge is 0.255 e. The summed E-state index contributed by atoms with van der Waals surface area (Å²) in [6, 6.07) is 14.1. The number of hydrogen-bond acceptors (Lipinski definition) is 6. The molecular weight excluding hydrogens is 466 g/mol. The van der Waals surface area contributed by atoms with E-state index < -0.39 is 17.5 Å². The maximum atomic E-state index is 13.6. The molecule has 10 heteroatoms. The lowest BCUT2D eigenvalue weighted by atomic mass is 10.0. The molecule has 0 atom stereocenters. The second kappa shape index (κ2) is 9.41. The summed E-state index contributed by atoms with van der Waals surface area (Å²) in [6.07, 6.45) is 2.77. The lowest BCUT2D eigenvalue weighted by Crippen LogP contribution is -2.23. The number of hydrogen-bond donors (Lipinski definition) is 3. The Labute approximate surface area is 204 Å². The fraction of sp³-hybridized carbons (Fsp3) is 0.0769. The number of aromatic nitrogens is 4. The second-order valence-corrected chi connectivity index (χ2v) is 7.97. The molecule has 0 spiro atoms. The predicted octanol–water partition coefficient (Wildman–Crippen LogP) is 4.49. The van der Waals surface area contributed by atoms with Crippen LogP contribution < -0.4 is 15.8 Å². The summed E-state index contributed by atoms with van der Waals surface area (Å²) in [5.41, 5.74) is 10.3. The summed E-state index contributed by atoms with van der Waals surface area (Å²) >= 11 is 0. The van der Waals surface area contributed by atoms with Crippen LogP contribution in [0.1, 0.15) is 15.9 Å². The Bertz CT molecular complexity index is 1570. The van der Waals surface area contributed by atoms with Crippen molar-refractivity contribution in [2.45, 2.75) is 6.54 Å². The zero-order chi connectivity index (χ0) is 25.2. The number of nitrogen functional groups attached to an aromatic ring is 1. The van der Waals surface area contributed by atoms with E-state index in [1.807, 2.05) is 24.3 Å². The Morgan fingerprint density at radius 2 is 1.81 bits per heavy atom. The number of rotatable bonds is 6. The molecule has 5 rings (SSSR count). The molecular formula is C26H20F2N6O2. The molecule has 0 unspecified atom stereocenters. The number of nitrogens with two attached hydrogens (primary N) is 1. The second-order valence-electron chi connectivity index (χ2n) is 7.97. The van der Waals surface area contributed by atoms with Crippen LogP contribution in [0.4, 0.5) is 14.6 Å². The number of methoxy groups -OCH3 is 1. The molecule has 0 aliphatic rings. The predicted molar refractivity (Wildman–Crippen MR) is 131 cm³/mol. The van der Waals surface area contributed by atoms with E-state index in [-0.39, 0.29) is 23.7 Å². The van der Waals surface area contributed by atoms with E-state index in [1.54, 1.807) is 12.3 Å². The maximum absolute atomic E-state index is 13.6. The average Bonchev–Trinajstić information content (AvgIpc) is 3.29. The fourth-order valence-electron chi connectivity index (χ4n) is 3.91. The van der Waals surface area contributed by atoms with Crippen LogP contribution >= 0.6 is 0 Å². The van der Waals surface area contributed by atoms with Crippen molar-refractivity contribution in [3.05, 3.63) is 89.8 Å². The lowest BCUT2D eigenvalue weighted by Gasteiger charge is -2.10. The Kier molecular flexibility index (Phi) is 5.99. The van der Waals surface area contributed by atoms with Gasteiger partial charge in [-0.2, -0.15) is 5.10 Å². The van der Waals surface area contributed by atoms with Gasteiger partial charge >= 0.3 is 0 Å². The molecule has 2 aromatic carbocycles. The van der Waals surface area contributed by atoms with Crippen LogP contribution in [0, 0.1) is 11.6 Å². The van der Waals surface area contributed by atoms with Crippen molar-refractivity contribution in [2.75, 3.05) is 12.8 Å². The third-order valence-corrected chi connectivity index (χ3v) is 5.71. The quantitative estimate of drug-likeness (QED) is 0.326. The number of amides is 1. The minimum absolute atomic E-state index is 0.117. The maximum Gasteiger partial charge on any atom is 0.255 e. The van der Waals surface area contributed by atoms with Gasteiger partial charge in [-0.1, -0.05) is 24.3 Å². The Hall–Kier alpha value is -4.86. The number of fused-ring (bicyclic) bond motifs is 1. The summed E-state index contributed by atoms with van der Waals surface area (Å²) in [6.45, 7) is 0.227. The molecule has 3 heterocycles. The van der Waals surface area contributed by atoms with Crippen molar-refractivity contribution in [1.29, 1.82) is 0 Å². The van der Waals surface area contributed by atoms with E-state index in [1.165, 1.54) is 25.3 Å². The van der Waals surface area contributed by atoms with E-state index >= 15 is 0 Å². The highest BCUT2D eigenvalue weighted by atomic mass is 19.1. The molecule has 8 nitrogen and oxygen atoms in total. The van der Waals surface area contributed by atoms with Crippen LogP contribution in [-0.4, -0.2) is 33.2 Å². The SMILES string of the molecule is COc1ccc(F)cc1C(=O)NCc1ccc(-c2ncc(-c3ccc(F)cn3)c3[nH]nc(N)c23)cc1. The third-order valence-electron chi connectivity index (χ3n) is 5.71. The highest BCUT2D eigenvalue weighted by Gasteiger charge is 2.17. The first-order valence-electron chi connectivity index (χ1n) is 10.9. The topological polar surface area (TPSA) is 119 Å². The average molecular weight is 486 g/mol. The van der Waals surface area contributed by atoms with E-state index in [2.05, 4.69) is 25.5 Å². The molecule has 36 heavy (non-hydrogen) atoms. The van der Waals surface area contributed by atoms with Crippen LogP contribution in [0.3, 0.4) is 0 Å². The number of anilines is 1. The molecule has 0 aliphatic heterocycles. The first kappa shape index (κ1) is 22.9. The van der Waals surface area contributed by atoms with Crippen LogP contribution in [0.5, 0.6) is 5.75 Å². The van der Waals surface area contributed by atoms with Gasteiger partial charge in [0.05, 0.1) is 41.2 Å².